The van der Waals surface area contributed by atoms with E-state index < -0.39 is 11.7 Å². The summed E-state index contributed by atoms with van der Waals surface area (Å²) < 4.78 is 51.2. The van der Waals surface area contributed by atoms with Gasteiger partial charge in [0.05, 0.1) is 27.7 Å². The van der Waals surface area contributed by atoms with Crippen molar-refractivity contribution in [3.05, 3.63) is 193 Å². The van der Waals surface area contributed by atoms with E-state index >= 15 is 0 Å². The zero-order chi connectivity index (χ0) is 41.2. The van der Waals surface area contributed by atoms with Gasteiger partial charge in [0.15, 0.2) is 17.5 Å². The van der Waals surface area contributed by atoms with Crippen molar-refractivity contribution in [2.24, 2.45) is 0 Å². The number of halogens is 3. The van der Waals surface area contributed by atoms with Crippen molar-refractivity contribution >= 4 is 43.7 Å². The predicted molar refractivity (Wildman–Crippen MR) is 238 cm³/mol. The van der Waals surface area contributed by atoms with Gasteiger partial charge in [-0.2, -0.15) is 13.2 Å². The lowest BCUT2D eigenvalue weighted by Crippen LogP contribution is -2.05. The van der Waals surface area contributed by atoms with E-state index in [1.807, 2.05) is 104 Å². The maximum atomic E-state index is 14.1. The molecule has 0 aliphatic heterocycles. The summed E-state index contributed by atoms with van der Waals surface area (Å²) >= 11 is 0. The van der Waals surface area contributed by atoms with Crippen LogP contribution in [0, 0.1) is 6.92 Å². The van der Waals surface area contributed by atoms with Crippen molar-refractivity contribution in [3.8, 4) is 62.1 Å². The van der Waals surface area contributed by atoms with Crippen LogP contribution in [0.15, 0.2) is 186 Å². The van der Waals surface area contributed by atoms with Crippen LogP contribution in [0.3, 0.4) is 0 Å². The maximum absolute atomic E-state index is 14.1. The van der Waals surface area contributed by atoms with Crippen molar-refractivity contribution in [1.82, 2.24) is 19.5 Å². The second-order valence-electron chi connectivity index (χ2n) is 15.2. The summed E-state index contributed by atoms with van der Waals surface area (Å²) in [6.45, 7) is 2.04. The van der Waals surface area contributed by atoms with Crippen LogP contribution >= 0.6 is 0 Å². The lowest BCUT2D eigenvalue weighted by molar-refractivity contribution is -0.137. The molecular formula is C53H33F3N4O. The molecule has 3 aromatic heterocycles. The van der Waals surface area contributed by atoms with Gasteiger partial charge in [0.1, 0.15) is 11.2 Å². The molecule has 61 heavy (non-hydrogen) atoms. The van der Waals surface area contributed by atoms with Crippen LogP contribution < -0.4 is 0 Å². The first-order chi connectivity index (χ1) is 29.8. The molecular weight excluding hydrogens is 766 g/mol. The number of rotatable bonds is 6. The van der Waals surface area contributed by atoms with E-state index in [1.165, 1.54) is 0 Å². The zero-order valence-corrected chi connectivity index (χ0v) is 32.7. The number of fused-ring (bicyclic) bond motifs is 7. The molecule has 0 unspecified atom stereocenters. The van der Waals surface area contributed by atoms with Gasteiger partial charge in [-0.3, -0.25) is 0 Å². The number of aryl methyl sites for hydroxylation is 1. The summed E-state index contributed by atoms with van der Waals surface area (Å²) in [5, 5.41) is 3.95. The van der Waals surface area contributed by atoms with E-state index in [-0.39, 0.29) is 0 Å². The third-order valence-corrected chi connectivity index (χ3v) is 11.4. The molecule has 0 N–H and O–H groups in total. The van der Waals surface area contributed by atoms with Crippen LogP contribution in [-0.4, -0.2) is 19.5 Å². The Balaban J connectivity index is 1.27. The fourth-order valence-corrected chi connectivity index (χ4v) is 8.43. The lowest BCUT2D eigenvalue weighted by Gasteiger charge is -2.21. The summed E-state index contributed by atoms with van der Waals surface area (Å²) in [4.78, 5) is 15.1. The first-order valence-corrected chi connectivity index (χ1v) is 19.9. The molecule has 0 aliphatic carbocycles. The number of hydrogen-bond donors (Lipinski definition) is 0. The molecule has 11 aromatic rings. The number of aromatic nitrogens is 4. The van der Waals surface area contributed by atoms with Crippen LogP contribution in [0.2, 0.25) is 0 Å². The third-order valence-electron chi connectivity index (χ3n) is 11.4. The molecule has 5 nitrogen and oxygen atoms in total. The molecule has 0 bridgehead atoms. The van der Waals surface area contributed by atoms with E-state index in [9.17, 15) is 13.2 Å². The van der Waals surface area contributed by atoms with Crippen LogP contribution in [0.1, 0.15) is 11.1 Å². The molecule has 0 amide bonds. The Hall–Kier alpha value is -7.84. The van der Waals surface area contributed by atoms with Gasteiger partial charge in [-0.25, -0.2) is 15.0 Å². The summed E-state index contributed by atoms with van der Waals surface area (Å²) in [5.74, 6) is 1.42. The molecule has 3 heterocycles. The molecule has 0 saturated carbocycles. The monoisotopic (exact) mass is 798 g/mol. The second-order valence-corrected chi connectivity index (χ2v) is 15.2. The summed E-state index contributed by atoms with van der Waals surface area (Å²) in [7, 11) is 0. The molecule has 0 saturated heterocycles. The second kappa shape index (κ2) is 14.2. The normalized spacial score (nSPS) is 11.9. The fraction of sp³-hybridized carbons (Fsp3) is 0.0377. The molecule has 0 atom stereocenters. The molecule has 0 radical (unpaired) electrons. The maximum Gasteiger partial charge on any atom is 0.416 e. The number of nitrogens with zero attached hydrogens (tertiary/aromatic N) is 4. The van der Waals surface area contributed by atoms with Crippen LogP contribution in [-0.2, 0) is 6.18 Å². The lowest BCUT2D eigenvalue weighted by atomic mass is 9.91. The van der Waals surface area contributed by atoms with Crippen molar-refractivity contribution in [2.45, 2.75) is 13.1 Å². The van der Waals surface area contributed by atoms with Gasteiger partial charge in [0.25, 0.3) is 0 Å². The van der Waals surface area contributed by atoms with Gasteiger partial charge >= 0.3 is 6.18 Å². The minimum Gasteiger partial charge on any atom is -0.455 e. The zero-order valence-electron chi connectivity index (χ0n) is 32.7. The van der Waals surface area contributed by atoms with Crippen molar-refractivity contribution < 1.29 is 17.6 Å². The summed E-state index contributed by atoms with van der Waals surface area (Å²) in [6.07, 6.45) is -4.51. The van der Waals surface area contributed by atoms with E-state index in [4.69, 9.17) is 19.4 Å². The van der Waals surface area contributed by atoms with Gasteiger partial charge in [0.2, 0.25) is 0 Å². The Kier molecular flexibility index (Phi) is 8.42. The Morgan fingerprint density at radius 3 is 1.59 bits per heavy atom. The van der Waals surface area contributed by atoms with Gasteiger partial charge in [0, 0.05) is 44.0 Å². The molecule has 11 rings (SSSR count). The fourth-order valence-electron chi connectivity index (χ4n) is 8.43. The van der Waals surface area contributed by atoms with Crippen LogP contribution in [0.4, 0.5) is 13.2 Å². The highest BCUT2D eigenvalue weighted by Crippen LogP contribution is 2.46. The highest BCUT2D eigenvalue weighted by molar-refractivity contribution is 6.24. The largest absolute Gasteiger partial charge is 0.455 e. The highest BCUT2D eigenvalue weighted by Gasteiger charge is 2.31. The van der Waals surface area contributed by atoms with Crippen molar-refractivity contribution in [1.29, 1.82) is 0 Å². The number of para-hydroxylation sites is 2. The van der Waals surface area contributed by atoms with E-state index in [2.05, 4.69) is 65.2 Å². The first-order valence-electron chi connectivity index (χ1n) is 19.9. The number of alkyl halides is 3. The standard InChI is InChI=1S/C53H33F3N4O/c1-32-20-22-33(23-21-32)42-30-37(52-58-50(35-12-4-2-5-13-35)57-51(59-52)36-14-6-3-7-15-36)31-43(34-24-26-38(27-25-34)53(54,55)56)48(42)60-44-18-10-8-17-41(44)47-45(60)29-28-40-39-16-9-11-19-46(39)61-49(40)47/h2-31H,1H3. The molecule has 292 valence electrons. The first kappa shape index (κ1) is 36.3. The average molecular weight is 799 g/mol. The Morgan fingerprint density at radius 1 is 0.459 bits per heavy atom. The van der Waals surface area contributed by atoms with E-state index in [1.54, 1.807) is 12.1 Å². The summed E-state index contributed by atoms with van der Waals surface area (Å²) in [6, 6.07) is 57.7. The smallest absolute Gasteiger partial charge is 0.416 e. The number of furan rings is 1. The number of benzene rings is 8. The SMILES string of the molecule is Cc1ccc(-c2cc(-c3nc(-c4ccccc4)nc(-c4ccccc4)n3)cc(-c3ccc(C(F)(F)F)cc3)c2-n2c3ccccc3c3c4oc5ccccc5c4ccc32)cc1. The summed E-state index contributed by atoms with van der Waals surface area (Å²) in [5.41, 5.74) is 9.86. The Bertz CT molecular complexity index is 3390. The van der Waals surface area contributed by atoms with Gasteiger partial charge in [-0.15, -0.1) is 0 Å². The predicted octanol–water partition coefficient (Wildman–Crippen LogP) is 14.5. The quantitative estimate of drug-likeness (QED) is 0.168. The molecule has 8 heteroatoms. The number of hydrogen-bond acceptors (Lipinski definition) is 4. The van der Waals surface area contributed by atoms with Gasteiger partial charge < -0.3 is 8.98 Å². The topological polar surface area (TPSA) is 56.7 Å². The average Bonchev–Trinajstić information content (AvgIpc) is 3.85. The van der Waals surface area contributed by atoms with E-state index in [0.717, 1.165) is 89.4 Å². The van der Waals surface area contributed by atoms with Gasteiger partial charge in [-0.05, 0) is 66.6 Å². The van der Waals surface area contributed by atoms with Crippen LogP contribution in [0.25, 0.3) is 106 Å². The highest BCUT2D eigenvalue weighted by atomic mass is 19.4. The third kappa shape index (κ3) is 6.23. The van der Waals surface area contributed by atoms with Crippen molar-refractivity contribution in [3.63, 3.8) is 0 Å². The molecule has 0 fully saturated rings. The Morgan fingerprint density at radius 2 is 0.984 bits per heavy atom. The Labute approximate surface area is 348 Å². The van der Waals surface area contributed by atoms with Crippen LogP contribution in [0.5, 0.6) is 0 Å². The van der Waals surface area contributed by atoms with Crippen molar-refractivity contribution in [2.75, 3.05) is 0 Å². The molecule has 0 spiro atoms. The van der Waals surface area contributed by atoms with E-state index in [0.29, 0.717) is 34.2 Å². The minimum atomic E-state index is -4.51. The van der Waals surface area contributed by atoms with Gasteiger partial charge in [-0.1, -0.05) is 139 Å². The minimum absolute atomic E-state index is 0.423. The molecule has 8 aromatic carbocycles. The molecule has 0 aliphatic rings.